The third kappa shape index (κ3) is 3.65. The van der Waals surface area contributed by atoms with E-state index in [1.54, 1.807) is 0 Å². The van der Waals surface area contributed by atoms with Gasteiger partial charge >= 0.3 is 0 Å². The third-order valence-corrected chi connectivity index (χ3v) is 1.80. The Bertz CT molecular complexity index is 411. The summed E-state index contributed by atoms with van der Waals surface area (Å²) in [6.07, 6.45) is 2.42. The van der Waals surface area contributed by atoms with E-state index in [1.807, 2.05) is 6.07 Å². The van der Waals surface area contributed by atoms with Crippen LogP contribution in [0.15, 0.2) is 23.1 Å². The largest absolute Gasteiger partial charge is 0.352 e. The van der Waals surface area contributed by atoms with Crippen molar-refractivity contribution in [1.82, 2.24) is 10.3 Å². The minimum absolute atomic E-state index is 0.240. The molecular weight excluding hydrogens is 194 g/mol. The number of amides is 1. The molecule has 0 fully saturated rings. The number of carbonyl (C=O) groups excluding carboxylic acids is 1. The molecule has 0 saturated heterocycles. The van der Waals surface area contributed by atoms with Gasteiger partial charge in [0.2, 0.25) is 5.56 Å². The first-order valence-electron chi connectivity index (χ1n) is 4.58. The van der Waals surface area contributed by atoms with Gasteiger partial charge in [-0.15, -0.1) is 0 Å². The maximum Gasteiger partial charge on any atom is 0.252 e. The molecule has 1 aromatic rings. The molecule has 0 spiro atoms. The monoisotopic (exact) mass is 205 g/mol. The number of carbonyl (C=O) groups is 1. The molecule has 15 heavy (non-hydrogen) atoms. The van der Waals surface area contributed by atoms with Crippen molar-refractivity contribution < 1.29 is 4.79 Å². The number of nitriles is 1. The highest BCUT2D eigenvalue weighted by atomic mass is 16.1. The first-order chi connectivity index (χ1) is 7.24. The molecule has 5 heteroatoms. The van der Waals surface area contributed by atoms with Crippen molar-refractivity contribution in [2.24, 2.45) is 0 Å². The number of aromatic amines is 1. The summed E-state index contributed by atoms with van der Waals surface area (Å²) in [5.41, 5.74) is 0.169. The summed E-state index contributed by atoms with van der Waals surface area (Å²) in [5, 5.41) is 10.9. The predicted octanol–water partition coefficient (Wildman–Crippen LogP) is 0.408. The fourth-order valence-electron chi connectivity index (χ4n) is 1.02. The Hall–Kier alpha value is -2.09. The summed E-state index contributed by atoms with van der Waals surface area (Å²) < 4.78 is 0. The SMILES string of the molecule is N#CCCCNC(=O)c1ccc(=O)[nH]c1. The second kappa shape index (κ2) is 5.60. The number of aromatic nitrogens is 1. The number of nitrogens with zero attached hydrogens (tertiary/aromatic N) is 1. The molecule has 1 aromatic heterocycles. The second-order valence-corrected chi connectivity index (χ2v) is 2.96. The number of hydrogen-bond acceptors (Lipinski definition) is 3. The van der Waals surface area contributed by atoms with Gasteiger partial charge < -0.3 is 10.3 Å². The maximum absolute atomic E-state index is 11.4. The van der Waals surface area contributed by atoms with Crippen LogP contribution in [0.5, 0.6) is 0 Å². The van der Waals surface area contributed by atoms with E-state index in [0.717, 1.165) is 0 Å². The minimum atomic E-state index is -0.246. The third-order valence-electron chi connectivity index (χ3n) is 1.80. The molecular formula is C10H11N3O2. The van der Waals surface area contributed by atoms with Gasteiger partial charge in [-0.05, 0) is 12.5 Å². The molecule has 2 N–H and O–H groups in total. The fraction of sp³-hybridized carbons (Fsp3) is 0.300. The van der Waals surface area contributed by atoms with Crippen LogP contribution in [0, 0.1) is 11.3 Å². The van der Waals surface area contributed by atoms with Gasteiger partial charge in [0.1, 0.15) is 0 Å². The van der Waals surface area contributed by atoms with E-state index in [4.69, 9.17) is 5.26 Å². The van der Waals surface area contributed by atoms with Crippen LogP contribution in [0.25, 0.3) is 0 Å². The van der Waals surface area contributed by atoms with Crippen molar-refractivity contribution in [3.05, 3.63) is 34.2 Å². The van der Waals surface area contributed by atoms with Gasteiger partial charge in [0, 0.05) is 25.2 Å². The van der Waals surface area contributed by atoms with Crippen LogP contribution in [0.1, 0.15) is 23.2 Å². The molecule has 0 radical (unpaired) electrons. The summed E-state index contributed by atoms with van der Waals surface area (Å²) in [6.45, 7) is 0.464. The lowest BCUT2D eigenvalue weighted by atomic mass is 10.2. The van der Waals surface area contributed by atoms with Crippen LogP contribution in [0.3, 0.4) is 0 Å². The summed E-state index contributed by atoms with van der Waals surface area (Å²) in [7, 11) is 0. The highest BCUT2D eigenvalue weighted by Crippen LogP contribution is 1.93. The molecule has 0 atom stereocenters. The van der Waals surface area contributed by atoms with E-state index in [9.17, 15) is 9.59 Å². The Morgan fingerprint density at radius 1 is 1.53 bits per heavy atom. The Balaban J connectivity index is 2.44. The normalized spacial score (nSPS) is 9.27. The number of unbranched alkanes of at least 4 members (excludes halogenated alkanes) is 1. The molecule has 0 unspecified atom stereocenters. The van der Waals surface area contributed by atoms with Crippen molar-refractivity contribution in [2.45, 2.75) is 12.8 Å². The van der Waals surface area contributed by atoms with E-state index < -0.39 is 0 Å². The van der Waals surface area contributed by atoms with Crippen LogP contribution in [-0.4, -0.2) is 17.4 Å². The number of H-pyrrole nitrogens is 1. The molecule has 0 aliphatic heterocycles. The lowest BCUT2D eigenvalue weighted by Crippen LogP contribution is -2.25. The highest BCUT2D eigenvalue weighted by molar-refractivity contribution is 5.93. The van der Waals surface area contributed by atoms with E-state index in [-0.39, 0.29) is 11.5 Å². The van der Waals surface area contributed by atoms with Gasteiger partial charge in [-0.25, -0.2) is 0 Å². The molecule has 1 rings (SSSR count). The number of nitrogens with one attached hydrogen (secondary N) is 2. The Morgan fingerprint density at radius 3 is 2.93 bits per heavy atom. The van der Waals surface area contributed by atoms with Crippen molar-refractivity contribution in [3.63, 3.8) is 0 Å². The molecule has 0 saturated carbocycles. The molecule has 1 heterocycles. The van der Waals surface area contributed by atoms with Crippen LogP contribution < -0.4 is 10.9 Å². The van der Waals surface area contributed by atoms with Gasteiger partial charge in [0.05, 0.1) is 11.6 Å². The zero-order chi connectivity index (χ0) is 11.1. The van der Waals surface area contributed by atoms with Crippen LogP contribution in [0.2, 0.25) is 0 Å². The average Bonchev–Trinajstić information content (AvgIpc) is 2.25. The highest BCUT2D eigenvalue weighted by Gasteiger charge is 2.03. The van der Waals surface area contributed by atoms with Gasteiger partial charge in [-0.2, -0.15) is 5.26 Å². The first kappa shape index (κ1) is 11.0. The summed E-state index contributed by atoms with van der Waals surface area (Å²) in [6, 6.07) is 4.74. The van der Waals surface area contributed by atoms with Gasteiger partial charge in [-0.1, -0.05) is 0 Å². The zero-order valence-corrected chi connectivity index (χ0v) is 8.12. The topological polar surface area (TPSA) is 85.8 Å². The molecule has 0 aliphatic carbocycles. The summed E-state index contributed by atoms with van der Waals surface area (Å²) >= 11 is 0. The molecule has 0 aromatic carbocycles. The van der Waals surface area contributed by atoms with Crippen molar-refractivity contribution in [2.75, 3.05) is 6.54 Å². The Labute approximate surface area is 86.7 Å². The molecule has 0 aliphatic rings. The summed E-state index contributed by atoms with van der Waals surface area (Å²) in [5.74, 6) is -0.246. The fourth-order valence-corrected chi connectivity index (χ4v) is 1.02. The second-order valence-electron chi connectivity index (χ2n) is 2.96. The van der Waals surface area contributed by atoms with Crippen molar-refractivity contribution >= 4 is 5.91 Å². The van der Waals surface area contributed by atoms with Crippen molar-refractivity contribution in [3.8, 4) is 6.07 Å². The Kier molecular flexibility index (Phi) is 4.10. The van der Waals surface area contributed by atoms with Gasteiger partial charge in [0.15, 0.2) is 0 Å². The Morgan fingerprint density at radius 2 is 2.33 bits per heavy atom. The van der Waals surface area contributed by atoms with Crippen LogP contribution >= 0.6 is 0 Å². The van der Waals surface area contributed by atoms with Crippen molar-refractivity contribution in [1.29, 1.82) is 5.26 Å². The zero-order valence-electron chi connectivity index (χ0n) is 8.12. The predicted molar refractivity (Wildman–Crippen MR) is 54.2 cm³/mol. The minimum Gasteiger partial charge on any atom is -0.352 e. The first-order valence-corrected chi connectivity index (χ1v) is 4.58. The quantitative estimate of drug-likeness (QED) is 0.698. The molecule has 1 amide bonds. The van der Waals surface area contributed by atoms with Gasteiger partial charge in [0.25, 0.3) is 5.91 Å². The molecule has 5 nitrogen and oxygen atoms in total. The molecule has 0 bridgehead atoms. The van der Waals surface area contributed by atoms with E-state index in [0.29, 0.717) is 24.9 Å². The number of rotatable bonds is 4. The van der Waals surface area contributed by atoms with Crippen LogP contribution in [-0.2, 0) is 0 Å². The smallest absolute Gasteiger partial charge is 0.252 e. The lowest BCUT2D eigenvalue weighted by Gasteiger charge is -2.02. The van der Waals surface area contributed by atoms with Crippen LogP contribution in [0.4, 0.5) is 0 Å². The van der Waals surface area contributed by atoms with E-state index in [2.05, 4.69) is 10.3 Å². The standard InChI is InChI=1S/C10H11N3O2/c11-5-1-2-6-12-10(15)8-3-4-9(14)13-7-8/h3-4,7H,1-2,6H2,(H,12,15)(H,13,14). The van der Waals surface area contributed by atoms with E-state index >= 15 is 0 Å². The van der Waals surface area contributed by atoms with E-state index in [1.165, 1.54) is 18.3 Å². The maximum atomic E-state index is 11.4. The lowest BCUT2D eigenvalue weighted by molar-refractivity contribution is 0.0953. The average molecular weight is 205 g/mol. The number of pyridine rings is 1. The summed E-state index contributed by atoms with van der Waals surface area (Å²) in [4.78, 5) is 24.5. The molecule has 78 valence electrons. The number of hydrogen-bond donors (Lipinski definition) is 2. The van der Waals surface area contributed by atoms with Gasteiger partial charge in [-0.3, -0.25) is 9.59 Å².